The van der Waals surface area contributed by atoms with Crippen LogP contribution in [0.5, 0.6) is 0 Å². The number of ketones is 1. The van der Waals surface area contributed by atoms with Crippen LogP contribution < -0.4 is 5.32 Å². The van der Waals surface area contributed by atoms with E-state index in [1.165, 1.54) is 17.9 Å². The predicted molar refractivity (Wildman–Crippen MR) is 94.6 cm³/mol. The molecule has 1 N–H and O–H groups in total. The molecule has 2 heterocycles. The van der Waals surface area contributed by atoms with E-state index in [-0.39, 0.29) is 5.78 Å². The number of amides is 1. The molecule has 25 heavy (non-hydrogen) atoms. The van der Waals surface area contributed by atoms with Crippen LogP contribution in [-0.2, 0) is 9.59 Å². The van der Waals surface area contributed by atoms with Crippen LogP contribution in [0, 0.1) is 13.8 Å². The Hall–Kier alpha value is -2.80. The van der Waals surface area contributed by atoms with Crippen molar-refractivity contribution >= 4 is 40.0 Å². The molecule has 0 saturated carbocycles. The van der Waals surface area contributed by atoms with E-state index >= 15 is 0 Å². The first kappa shape index (κ1) is 17.0. The van der Waals surface area contributed by atoms with Gasteiger partial charge >= 0.3 is 0 Å². The molecule has 1 atom stereocenters. The molecule has 0 radical (unpaired) electrons. The summed E-state index contributed by atoms with van der Waals surface area (Å²) >= 11 is 6.12. The Morgan fingerprint density at radius 2 is 2.00 bits per heavy atom. The van der Waals surface area contributed by atoms with Gasteiger partial charge < -0.3 is 5.32 Å². The van der Waals surface area contributed by atoms with E-state index < -0.39 is 11.9 Å². The van der Waals surface area contributed by atoms with Crippen molar-refractivity contribution in [2.45, 2.75) is 26.8 Å². The summed E-state index contributed by atoms with van der Waals surface area (Å²) in [5, 5.41) is 7.97. The lowest BCUT2D eigenvalue weighted by Crippen LogP contribution is -2.32. The molecular weight excluding hydrogens is 342 g/mol. The van der Waals surface area contributed by atoms with Gasteiger partial charge in [0, 0.05) is 0 Å². The summed E-state index contributed by atoms with van der Waals surface area (Å²) in [6.45, 7) is 5.03. The number of carbonyl (C=O) groups is 2. The largest absolute Gasteiger partial charge is 0.322 e. The quantitative estimate of drug-likeness (QED) is 0.725. The Morgan fingerprint density at radius 1 is 1.24 bits per heavy atom. The van der Waals surface area contributed by atoms with Crippen LogP contribution in [0.4, 0.5) is 5.69 Å². The van der Waals surface area contributed by atoms with Gasteiger partial charge in [0.05, 0.1) is 28.0 Å². The second-order valence-electron chi connectivity index (χ2n) is 5.77. The highest BCUT2D eigenvalue weighted by Gasteiger charge is 2.29. The zero-order valence-corrected chi connectivity index (χ0v) is 14.7. The topological polar surface area (TPSA) is 89.8 Å². The first-order valence-electron chi connectivity index (χ1n) is 7.60. The Balaban J connectivity index is 2.01. The maximum Gasteiger partial charge on any atom is 0.257 e. The van der Waals surface area contributed by atoms with E-state index in [1.54, 1.807) is 18.3 Å². The molecule has 0 aliphatic rings. The molecule has 3 rings (SSSR count). The van der Waals surface area contributed by atoms with E-state index in [0.29, 0.717) is 21.7 Å². The summed E-state index contributed by atoms with van der Waals surface area (Å²) in [6, 6.07) is 4.12. The minimum atomic E-state index is -1.15. The minimum absolute atomic E-state index is 0.359. The second-order valence-corrected chi connectivity index (χ2v) is 6.18. The van der Waals surface area contributed by atoms with Crippen LogP contribution in [0.15, 0.2) is 30.7 Å². The van der Waals surface area contributed by atoms with Crippen molar-refractivity contribution in [3.63, 3.8) is 0 Å². The van der Waals surface area contributed by atoms with Crippen LogP contribution in [-0.4, -0.2) is 31.4 Å². The molecule has 128 valence electrons. The maximum atomic E-state index is 12.7. The average molecular weight is 358 g/mol. The summed E-state index contributed by atoms with van der Waals surface area (Å²) in [5.74, 6) is -0.885. The number of aromatic nitrogens is 4. The van der Waals surface area contributed by atoms with Gasteiger partial charge in [-0.25, -0.2) is 14.6 Å². The van der Waals surface area contributed by atoms with E-state index in [4.69, 9.17) is 11.6 Å². The van der Waals surface area contributed by atoms with Crippen molar-refractivity contribution in [3.8, 4) is 0 Å². The van der Waals surface area contributed by atoms with Gasteiger partial charge in [0.25, 0.3) is 5.91 Å². The molecule has 0 fully saturated rings. The smallest absolute Gasteiger partial charge is 0.257 e. The van der Waals surface area contributed by atoms with Gasteiger partial charge in [0.2, 0.25) is 0 Å². The highest BCUT2D eigenvalue weighted by Crippen LogP contribution is 2.25. The van der Waals surface area contributed by atoms with Crippen molar-refractivity contribution < 1.29 is 9.59 Å². The molecule has 2 aromatic heterocycles. The zero-order chi connectivity index (χ0) is 18.1. The SMILES string of the molecule is CC(=O)C(C(=O)Nc1cc(C)ccc1Cl)n1ncc2c(C)ncnc21. The molecule has 1 amide bonds. The maximum absolute atomic E-state index is 12.7. The number of aryl methyl sites for hydroxylation is 2. The Morgan fingerprint density at radius 3 is 2.72 bits per heavy atom. The third kappa shape index (κ3) is 3.23. The van der Waals surface area contributed by atoms with E-state index in [2.05, 4.69) is 20.4 Å². The third-order valence-corrected chi connectivity index (χ3v) is 4.18. The number of fused-ring (bicyclic) bond motifs is 1. The Kier molecular flexibility index (Phi) is 4.50. The van der Waals surface area contributed by atoms with Crippen LogP contribution in [0.2, 0.25) is 5.02 Å². The van der Waals surface area contributed by atoms with Gasteiger partial charge in [-0.1, -0.05) is 17.7 Å². The summed E-state index contributed by atoms with van der Waals surface area (Å²) in [4.78, 5) is 33.2. The number of anilines is 1. The number of nitrogens with zero attached hydrogens (tertiary/aromatic N) is 4. The van der Waals surface area contributed by atoms with Crippen molar-refractivity contribution in [2.75, 3.05) is 5.32 Å². The molecule has 0 spiro atoms. The second kappa shape index (κ2) is 6.60. The molecule has 0 aliphatic carbocycles. The lowest BCUT2D eigenvalue weighted by atomic mass is 10.1. The van der Waals surface area contributed by atoms with Gasteiger partial charge in [0.1, 0.15) is 6.33 Å². The van der Waals surface area contributed by atoms with Crippen LogP contribution in [0.1, 0.15) is 24.2 Å². The zero-order valence-electron chi connectivity index (χ0n) is 13.9. The Bertz CT molecular complexity index is 982. The van der Waals surface area contributed by atoms with E-state index in [1.807, 2.05) is 19.9 Å². The third-order valence-electron chi connectivity index (χ3n) is 3.85. The number of Topliss-reactive ketones (excluding diaryl/α,β-unsaturated/α-hetero) is 1. The lowest BCUT2D eigenvalue weighted by molar-refractivity contribution is -0.129. The molecule has 3 aromatic rings. The number of carbonyl (C=O) groups excluding carboxylic acids is 2. The molecule has 1 aromatic carbocycles. The van der Waals surface area contributed by atoms with Gasteiger partial charge in [-0.05, 0) is 38.5 Å². The van der Waals surface area contributed by atoms with Gasteiger partial charge in [0.15, 0.2) is 17.5 Å². The predicted octanol–water partition coefficient (Wildman–Crippen LogP) is 2.87. The molecule has 7 nitrogen and oxygen atoms in total. The van der Waals surface area contributed by atoms with Gasteiger partial charge in [-0.15, -0.1) is 0 Å². The molecule has 0 bridgehead atoms. The summed E-state index contributed by atoms with van der Waals surface area (Å²) in [7, 11) is 0. The molecule has 0 saturated heterocycles. The van der Waals surface area contributed by atoms with E-state index in [9.17, 15) is 9.59 Å². The summed E-state index contributed by atoms with van der Waals surface area (Å²) < 4.78 is 1.31. The normalized spacial score (nSPS) is 12.2. The fourth-order valence-electron chi connectivity index (χ4n) is 2.57. The van der Waals surface area contributed by atoms with Crippen molar-refractivity contribution in [1.82, 2.24) is 19.7 Å². The van der Waals surface area contributed by atoms with Crippen LogP contribution in [0.3, 0.4) is 0 Å². The van der Waals surface area contributed by atoms with E-state index in [0.717, 1.165) is 11.3 Å². The lowest BCUT2D eigenvalue weighted by Gasteiger charge is -2.16. The average Bonchev–Trinajstić information content (AvgIpc) is 2.96. The first-order chi connectivity index (χ1) is 11.9. The highest BCUT2D eigenvalue weighted by molar-refractivity contribution is 6.33. The number of hydrogen-bond donors (Lipinski definition) is 1. The fraction of sp³-hybridized carbons (Fsp3) is 0.235. The van der Waals surface area contributed by atoms with Crippen molar-refractivity contribution in [1.29, 1.82) is 0 Å². The standard InChI is InChI=1S/C17H16ClN5O2/c1-9-4-5-13(18)14(6-9)22-17(25)15(11(3)24)23-16-12(7-21-23)10(2)19-8-20-16/h4-8,15H,1-3H3,(H,22,25). The number of nitrogens with one attached hydrogen (secondary N) is 1. The fourth-order valence-corrected chi connectivity index (χ4v) is 2.74. The van der Waals surface area contributed by atoms with Gasteiger partial charge in [-0.2, -0.15) is 5.10 Å². The monoisotopic (exact) mass is 357 g/mol. The number of benzene rings is 1. The van der Waals surface area contributed by atoms with Crippen molar-refractivity contribution in [2.24, 2.45) is 0 Å². The molecule has 0 aliphatic heterocycles. The minimum Gasteiger partial charge on any atom is -0.322 e. The summed E-state index contributed by atoms with van der Waals surface area (Å²) in [5.41, 5.74) is 2.53. The number of rotatable bonds is 4. The number of hydrogen-bond acceptors (Lipinski definition) is 5. The number of halogens is 1. The van der Waals surface area contributed by atoms with Crippen LogP contribution >= 0.6 is 11.6 Å². The van der Waals surface area contributed by atoms with Crippen molar-refractivity contribution in [3.05, 3.63) is 47.0 Å². The highest BCUT2D eigenvalue weighted by atomic mass is 35.5. The Labute approximate surface area is 149 Å². The van der Waals surface area contributed by atoms with Crippen LogP contribution in [0.25, 0.3) is 11.0 Å². The first-order valence-corrected chi connectivity index (χ1v) is 7.98. The molecule has 1 unspecified atom stereocenters. The molecular formula is C17H16ClN5O2. The van der Waals surface area contributed by atoms with Gasteiger partial charge in [-0.3, -0.25) is 9.59 Å². The molecule has 8 heteroatoms. The summed E-state index contributed by atoms with van der Waals surface area (Å²) in [6.07, 6.45) is 2.93.